The molecule has 132 valence electrons. The first kappa shape index (κ1) is 31.9. The molecule has 0 aromatic heterocycles. The molecule has 0 bridgehead atoms. The quantitative estimate of drug-likeness (QED) is 0.312. The minimum Gasteiger partial charge on any atom is -0.479 e. The van der Waals surface area contributed by atoms with E-state index in [4.69, 9.17) is 32.8 Å². The molecular weight excluding hydrogens is 314 g/mol. The first-order valence-electron chi connectivity index (χ1n) is 4.57. The van der Waals surface area contributed by atoms with Crippen molar-refractivity contribution in [3.8, 4) is 0 Å². The van der Waals surface area contributed by atoms with Crippen LogP contribution in [-0.4, -0.2) is 61.4 Å². The minimum absolute atomic E-state index is 0. The normalized spacial score (nSPS) is 10.3. The fourth-order valence-corrected chi connectivity index (χ4v) is 0. The highest BCUT2D eigenvalue weighted by Gasteiger charge is 2.21. The lowest BCUT2D eigenvalue weighted by Gasteiger charge is -2.09. The molecule has 9 N–H and O–H groups in total. The topological polar surface area (TPSA) is 227 Å². The molecule has 0 rings (SSSR count). The van der Waals surface area contributed by atoms with E-state index in [0.29, 0.717) is 0 Å². The molecule has 0 aromatic rings. The van der Waals surface area contributed by atoms with Crippen LogP contribution in [0.5, 0.6) is 0 Å². The molecule has 0 fully saturated rings. The summed E-state index contributed by atoms with van der Waals surface area (Å²) in [7, 11) is -4.67. The Balaban J connectivity index is -0.0000000590. The van der Waals surface area contributed by atoms with Crippen LogP contribution in [0.4, 0.5) is 0 Å². The van der Waals surface area contributed by atoms with Gasteiger partial charge in [-0.1, -0.05) is 7.43 Å². The summed E-state index contributed by atoms with van der Waals surface area (Å²) in [5, 5.41) is 25.1. The molecule has 0 saturated carbocycles. The number of primary amides is 1. The average molecular weight is 339 g/mol. The van der Waals surface area contributed by atoms with E-state index < -0.39 is 33.5 Å². The number of carboxylic acid groups (broad SMARTS) is 1. The van der Waals surface area contributed by atoms with Crippen molar-refractivity contribution in [2.75, 3.05) is 0 Å². The van der Waals surface area contributed by atoms with Crippen LogP contribution in [0.1, 0.15) is 35.1 Å². The summed E-state index contributed by atoms with van der Waals surface area (Å²) in [4.78, 5) is 19.8. The maximum atomic E-state index is 9.99. The van der Waals surface area contributed by atoms with Gasteiger partial charge in [0.05, 0.1) is 0 Å². The standard InChI is InChI=1S/C4H9NO2.C4H8O3.CH4.H2O4S.H2O/c2*1-4(2,7)3(5)6;;1-5(2,3)4;/h7H,1-2H3,(H2,5,6);7H,1-2H3,(H,5,6);1H4;(H2,1,2,3,4);1H2. The molecule has 0 unspecified atom stereocenters. The SMILES string of the molecule is C.CC(C)(O)C(=O)O.CC(C)(O)C(N)=O.O.O=S(=O)(O)O. The van der Waals surface area contributed by atoms with Gasteiger partial charge in [-0.25, -0.2) is 4.79 Å². The summed E-state index contributed by atoms with van der Waals surface area (Å²) in [6, 6.07) is 0. The third kappa shape index (κ3) is 45.6. The molecule has 11 nitrogen and oxygen atoms in total. The number of carbonyl (C=O) groups is 2. The van der Waals surface area contributed by atoms with E-state index in [0.717, 1.165) is 0 Å². The number of rotatable bonds is 2. The first-order chi connectivity index (χ1) is 7.89. The Labute approximate surface area is 123 Å². The zero-order chi connectivity index (χ0) is 16.7. The minimum atomic E-state index is -4.67. The second-order valence-corrected chi connectivity index (χ2v) is 5.13. The fourth-order valence-electron chi connectivity index (χ4n) is 0. The molecule has 0 aliphatic carbocycles. The van der Waals surface area contributed by atoms with E-state index in [9.17, 15) is 9.59 Å². The Kier molecular flexibility index (Phi) is 17.2. The molecule has 0 saturated heterocycles. The number of hydrogen-bond donors (Lipinski definition) is 6. The summed E-state index contributed by atoms with van der Waals surface area (Å²) in [6.07, 6.45) is 0. The van der Waals surface area contributed by atoms with E-state index in [1.165, 1.54) is 27.7 Å². The average Bonchev–Trinajstić information content (AvgIpc) is 1.97. The van der Waals surface area contributed by atoms with Crippen LogP contribution >= 0.6 is 0 Å². The van der Waals surface area contributed by atoms with Gasteiger partial charge in [0.2, 0.25) is 5.91 Å². The molecule has 0 atom stereocenters. The highest BCUT2D eigenvalue weighted by atomic mass is 32.3. The monoisotopic (exact) mass is 339 g/mol. The zero-order valence-electron chi connectivity index (χ0n) is 11.4. The lowest BCUT2D eigenvalue weighted by molar-refractivity contribution is -0.154. The Hall–Kier alpha value is -1.31. The van der Waals surface area contributed by atoms with Gasteiger partial charge in [0.25, 0.3) is 0 Å². The lowest BCUT2D eigenvalue weighted by atomic mass is 10.1. The Morgan fingerprint density at radius 3 is 1.05 bits per heavy atom. The van der Waals surface area contributed by atoms with Crippen molar-refractivity contribution in [2.24, 2.45) is 5.73 Å². The number of amides is 1. The number of hydrogen-bond acceptors (Lipinski definition) is 6. The summed E-state index contributed by atoms with van der Waals surface area (Å²) in [5.41, 5.74) is 1.74. The molecule has 0 radical (unpaired) electrons. The second-order valence-electron chi connectivity index (χ2n) is 4.24. The largest absolute Gasteiger partial charge is 0.479 e. The fraction of sp³-hybridized carbons (Fsp3) is 0.778. The van der Waals surface area contributed by atoms with E-state index in [1.807, 2.05) is 0 Å². The molecule has 0 aliphatic heterocycles. The number of carbonyl (C=O) groups excluding carboxylic acids is 1. The van der Waals surface area contributed by atoms with Crippen molar-refractivity contribution in [1.29, 1.82) is 0 Å². The number of carboxylic acids is 1. The van der Waals surface area contributed by atoms with Gasteiger partial charge in [0.1, 0.15) is 5.60 Å². The summed E-state index contributed by atoms with van der Waals surface area (Å²) < 4.78 is 31.6. The van der Waals surface area contributed by atoms with Crippen molar-refractivity contribution in [3.63, 3.8) is 0 Å². The first-order valence-corrected chi connectivity index (χ1v) is 5.96. The molecule has 21 heavy (non-hydrogen) atoms. The molecule has 0 aromatic carbocycles. The van der Waals surface area contributed by atoms with E-state index in [2.05, 4.69) is 5.73 Å². The van der Waals surface area contributed by atoms with Crippen LogP contribution in [0.3, 0.4) is 0 Å². The van der Waals surface area contributed by atoms with Gasteiger partial charge in [0.15, 0.2) is 5.60 Å². The molecule has 0 aliphatic rings. The van der Waals surface area contributed by atoms with Gasteiger partial charge in [-0.2, -0.15) is 8.42 Å². The van der Waals surface area contributed by atoms with Crippen LogP contribution in [0.2, 0.25) is 0 Å². The van der Waals surface area contributed by atoms with Crippen LogP contribution in [0.15, 0.2) is 0 Å². The highest BCUT2D eigenvalue weighted by molar-refractivity contribution is 7.79. The lowest BCUT2D eigenvalue weighted by Crippen LogP contribution is -2.37. The van der Waals surface area contributed by atoms with Crippen molar-refractivity contribution < 1.29 is 47.9 Å². The molecular formula is C9H25NO10S. The van der Waals surface area contributed by atoms with Gasteiger partial charge < -0.3 is 26.5 Å². The van der Waals surface area contributed by atoms with Crippen molar-refractivity contribution in [2.45, 2.75) is 46.3 Å². The van der Waals surface area contributed by atoms with Crippen molar-refractivity contribution >= 4 is 22.3 Å². The summed E-state index contributed by atoms with van der Waals surface area (Å²) in [5.74, 6) is -1.90. The van der Waals surface area contributed by atoms with Gasteiger partial charge in [-0.05, 0) is 27.7 Å². The maximum absolute atomic E-state index is 9.99. The summed E-state index contributed by atoms with van der Waals surface area (Å²) >= 11 is 0. The van der Waals surface area contributed by atoms with Gasteiger partial charge >= 0.3 is 16.4 Å². The smallest absolute Gasteiger partial charge is 0.394 e. The number of aliphatic hydroxyl groups is 2. The van der Waals surface area contributed by atoms with Crippen molar-refractivity contribution in [1.82, 2.24) is 0 Å². The Bertz CT molecular complexity index is 358. The van der Waals surface area contributed by atoms with Gasteiger partial charge in [-0.15, -0.1) is 0 Å². The number of aliphatic carboxylic acids is 1. The molecule has 1 amide bonds. The molecule has 0 heterocycles. The predicted molar refractivity (Wildman–Crippen MR) is 73.9 cm³/mol. The van der Waals surface area contributed by atoms with Crippen molar-refractivity contribution in [3.05, 3.63) is 0 Å². The maximum Gasteiger partial charge on any atom is 0.394 e. The third-order valence-corrected chi connectivity index (χ3v) is 1.13. The van der Waals surface area contributed by atoms with Crippen LogP contribution in [-0.2, 0) is 20.0 Å². The van der Waals surface area contributed by atoms with Crippen LogP contribution in [0, 0.1) is 0 Å². The zero-order valence-corrected chi connectivity index (χ0v) is 12.2. The van der Waals surface area contributed by atoms with E-state index >= 15 is 0 Å². The molecule has 0 spiro atoms. The van der Waals surface area contributed by atoms with Gasteiger partial charge in [-0.3, -0.25) is 13.9 Å². The Morgan fingerprint density at radius 2 is 1.05 bits per heavy atom. The van der Waals surface area contributed by atoms with E-state index in [-0.39, 0.29) is 12.9 Å². The van der Waals surface area contributed by atoms with Crippen LogP contribution < -0.4 is 5.73 Å². The second kappa shape index (κ2) is 11.4. The highest BCUT2D eigenvalue weighted by Crippen LogP contribution is 1.97. The van der Waals surface area contributed by atoms with Crippen LogP contribution in [0.25, 0.3) is 0 Å². The van der Waals surface area contributed by atoms with Gasteiger partial charge in [0, 0.05) is 0 Å². The Morgan fingerprint density at radius 1 is 0.952 bits per heavy atom. The number of nitrogens with two attached hydrogens (primary N) is 1. The summed E-state index contributed by atoms with van der Waals surface area (Å²) in [6.45, 7) is 5.12. The third-order valence-electron chi connectivity index (χ3n) is 1.13. The predicted octanol–water partition coefficient (Wildman–Crippen LogP) is -1.76. The van der Waals surface area contributed by atoms with E-state index in [1.54, 1.807) is 0 Å². The molecule has 12 heteroatoms.